The van der Waals surface area contributed by atoms with Crippen molar-refractivity contribution in [3.63, 3.8) is 0 Å². The predicted molar refractivity (Wildman–Crippen MR) is 66.3 cm³/mol. The van der Waals surface area contributed by atoms with Gasteiger partial charge in [-0.15, -0.1) is 0 Å². The van der Waals surface area contributed by atoms with Crippen molar-refractivity contribution < 1.29 is 0 Å². The van der Waals surface area contributed by atoms with E-state index >= 15 is 0 Å². The van der Waals surface area contributed by atoms with Crippen molar-refractivity contribution in [1.82, 2.24) is 14.9 Å². The Morgan fingerprint density at radius 2 is 2.38 bits per heavy atom. The average Bonchev–Trinajstić information content (AvgIpc) is 3.03. The summed E-state index contributed by atoms with van der Waals surface area (Å²) in [6.45, 7) is 3.48. The molecule has 1 aliphatic carbocycles. The lowest BCUT2D eigenvalue weighted by atomic mass is 10.00. The standard InChI is InChI=1S/C13H23N3/c1-3-11(10-15-12-5-6-12)4-7-13-14-8-9-16(13)2/h8-9,11-12,15H,3-7,10H2,1-2H3. The molecule has 90 valence electrons. The lowest BCUT2D eigenvalue weighted by molar-refractivity contribution is 0.426. The van der Waals surface area contributed by atoms with E-state index in [0.717, 1.165) is 18.4 Å². The van der Waals surface area contributed by atoms with Crippen LogP contribution in [0.1, 0.15) is 38.4 Å². The van der Waals surface area contributed by atoms with E-state index in [2.05, 4.69) is 28.8 Å². The Bertz CT molecular complexity index is 315. The molecule has 1 heterocycles. The first kappa shape index (κ1) is 11.6. The third-order valence-corrected chi connectivity index (χ3v) is 3.55. The predicted octanol–water partition coefficient (Wildman–Crippen LogP) is 2.13. The van der Waals surface area contributed by atoms with Gasteiger partial charge in [0, 0.05) is 31.9 Å². The molecule has 1 aromatic heterocycles. The van der Waals surface area contributed by atoms with E-state index in [1.165, 1.54) is 38.1 Å². The molecule has 1 atom stereocenters. The van der Waals surface area contributed by atoms with Gasteiger partial charge in [-0.1, -0.05) is 13.3 Å². The Hall–Kier alpha value is -0.830. The van der Waals surface area contributed by atoms with Gasteiger partial charge in [-0.05, 0) is 31.7 Å². The van der Waals surface area contributed by atoms with E-state index in [-0.39, 0.29) is 0 Å². The van der Waals surface area contributed by atoms with Crippen LogP contribution < -0.4 is 5.32 Å². The van der Waals surface area contributed by atoms with Crippen LogP contribution in [0.25, 0.3) is 0 Å². The Morgan fingerprint density at radius 1 is 1.56 bits per heavy atom. The molecule has 1 saturated carbocycles. The lowest BCUT2D eigenvalue weighted by Crippen LogP contribution is -2.25. The monoisotopic (exact) mass is 221 g/mol. The number of nitrogens with zero attached hydrogens (tertiary/aromatic N) is 2. The molecular weight excluding hydrogens is 198 g/mol. The maximum Gasteiger partial charge on any atom is 0.108 e. The topological polar surface area (TPSA) is 29.9 Å². The third-order valence-electron chi connectivity index (χ3n) is 3.55. The van der Waals surface area contributed by atoms with Crippen molar-refractivity contribution in [3.05, 3.63) is 18.2 Å². The molecule has 0 aromatic carbocycles. The zero-order valence-electron chi connectivity index (χ0n) is 10.4. The summed E-state index contributed by atoms with van der Waals surface area (Å²) in [6, 6.07) is 0.835. The van der Waals surface area contributed by atoms with Crippen molar-refractivity contribution in [2.24, 2.45) is 13.0 Å². The molecule has 16 heavy (non-hydrogen) atoms. The highest BCUT2D eigenvalue weighted by Gasteiger charge is 2.21. The van der Waals surface area contributed by atoms with Gasteiger partial charge < -0.3 is 9.88 Å². The largest absolute Gasteiger partial charge is 0.338 e. The zero-order chi connectivity index (χ0) is 11.4. The quantitative estimate of drug-likeness (QED) is 0.764. The molecule has 3 nitrogen and oxygen atoms in total. The Labute approximate surface area is 98.3 Å². The van der Waals surface area contributed by atoms with Gasteiger partial charge in [0.05, 0.1) is 0 Å². The van der Waals surface area contributed by atoms with Crippen LogP contribution in [0.2, 0.25) is 0 Å². The average molecular weight is 221 g/mol. The van der Waals surface area contributed by atoms with Crippen molar-refractivity contribution >= 4 is 0 Å². The molecule has 1 aromatic rings. The minimum absolute atomic E-state index is 0.803. The van der Waals surface area contributed by atoms with Gasteiger partial charge >= 0.3 is 0 Å². The van der Waals surface area contributed by atoms with Crippen LogP contribution in [-0.2, 0) is 13.5 Å². The van der Waals surface area contributed by atoms with Gasteiger partial charge in [0.25, 0.3) is 0 Å². The van der Waals surface area contributed by atoms with E-state index in [0.29, 0.717) is 0 Å². The maximum absolute atomic E-state index is 4.37. The fourth-order valence-corrected chi connectivity index (χ4v) is 2.04. The van der Waals surface area contributed by atoms with E-state index in [4.69, 9.17) is 0 Å². The number of aromatic nitrogens is 2. The highest BCUT2D eigenvalue weighted by Crippen LogP contribution is 2.20. The number of hydrogen-bond acceptors (Lipinski definition) is 2. The Kier molecular flexibility index (Phi) is 3.99. The lowest BCUT2D eigenvalue weighted by Gasteiger charge is -2.15. The smallest absolute Gasteiger partial charge is 0.108 e. The van der Waals surface area contributed by atoms with E-state index in [9.17, 15) is 0 Å². The third kappa shape index (κ3) is 3.34. The minimum atomic E-state index is 0.803. The molecule has 1 unspecified atom stereocenters. The summed E-state index contributed by atoms with van der Waals surface area (Å²) in [5, 5.41) is 3.63. The maximum atomic E-state index is 4.37. The fourth-order valence-electron chi connectivity index (χ4n) is 2.04. The second kappa shape index (κ2) is 5.48. The second-order valence-corrected chi connectivity index (χ2v) is 4.95. The number of nitrogens with one attached hydrogen (secondary N) is 1. The van der Waals surface area contributed by atoms with Gasteiger partial charge in [0.2, 0.25) is 0 Å². The van der Waals surface area contributed by atoms with Crippen molar-refractivity contribution in [1.29, 1.82) is 0 Å². The molecule has 1 N–H and O–H groups in total. The summed E-state index contributed by atoms with van der Waals surface area (Å²) < 4.78 is 2.13. The van der Waals surface area contributed by atoms with E-state index in [1.54, 1.807) is 0 Å². The van der Waals surface area contributed by atoms with E-state index < -0.39 is 0 Å². The van der Waals surface area contributed by atoms with Crippen LogP contribution in [0.3, 0.4) is 0 Å². The first-order valence-electron chi connectivity index (χ1n) is 6.49. The summed E-state index contributed by atoms with van der Waals surface area (Å²) in [7, 11) is 2.08. The highest BCUT2D eigenvalue weighted by molar-refractivity contribution is 4.91. The number of aryl methyl sites for hydroxylation is 2. The zero-order valence-corrected chi connectivity index (χ0v) is 10.4. The van der Waals surface area contributed by atoms with Gasteiger partial charge in [-0.3, -0.25) is 0 Å². The van der Waals surface area contributed by atoms with Crippen molar-refractivity contribution in [2.75, 3.05) is 6.54 Å². The van der Waals surface area contributed by atoms with Crippen LogP contribution in [0, 0.1) is 5.92 Å². The molecule has 3 heteroatoms. The van der Waals surface area contributed by atoms with Crippen LogP contribution in [0.15, 0.2) is 12.4 Å². The summed E-state index contributed by atoms with van der Waals surface area (Å²) >= 11 is 0. The SMILES string of the molecule is CCC(CCc1nccn1C)CNC1CC1. The molecule has 1 fully saturated rings. The molecule has 1 aliphatic rings. The normalized spacial score (nSPS) is 17.6. The number of imidazole rings is 1. The van der Waals surface area contributed by atoms with Crippen LogP contribution in [0.4, 0.5) is 0 Å². The van der Waals surface area contributed by atoms with Gasteiger partial charge in [0.1, 0.15) is 5.82 Å². The Morgan fingerprint density at radius 3 is 2.94 bits per heavy atom. The van der Waals surface area contributed by atoms with Crippen molar-refractivity contribution in [2.45, 2.75) is 45.1 Å². The molecule has 0 saturated heterocycles. The molecule has 0 bridgehead atoms. The van der Waals surface area contributed by atoms with Crippen LogP contribution >= 0.6 is 0 Å². The van der Waals surface area contributed by atoms with Gasteiger partial charge in [0.15, 0.2) is 0 Å². The molecule has 0 amide bonds. The first-order chi connectivity index (χ1) is 7.79. The van der Waals surface area contributed by atoms with Gasteiger partial charge in [-0.25, -0.2) is 4.98 Å². The number of hydrogen-bond donors (Lipinski definition) is 1. The molecular formula is C13H23N3. The molecule has 0 spiro atoms. The number of rotatable bonds is 7. The Balaban J connectivity index is 1.71. The summed E-state index contributed by atoms with van der Waals surface area (Å²) in [5.41, 5.74) is 0. The minimum Gasteiger partial charge on any atom is -0.338 e. The van der Waals surface area contributed by atoms with E-state index in [1.807, 2.05) is 12.4 Å². The second-order valence-electron chi connectivity index (χ2n) is 4.95. The summed E-state index contributed by atoms with van der Waals surface area (Å²) in [5.74, 6) is 2.02. The summed E-state index contributed by atoms with van der Waals surface area (Å²) in [4.78, 5) is 4.37. The van der Waals surface area contributed by atoms with Crippen LogP contribution in [-0.4, -0.2) is 22.1 Å². The van der Waals surface area contributed by atoms with Gasteiger partial charge in [-0.2, -0.15) is 0 Å². The van der Waals surface area contributed by atoms with Crippen LogP contribution in [0.5, 0.6) is 0 Å². The van der Waals surface area contributed by atoms with Crippen molar-refractivity contribution in [3.8, 4) is 0 Å². The molecule has 0 aliphatic heterocycles. The fraction of sp³-hybridized carbons (Fsp3) is 0.769. The molecule has 2 rings (SSSR count). The highest BCUT2D eigenvalue weighted by atomic mass is 15.0. The summed E-state index contributed by atoms with van der Waals surface area (Å²) in [6.07, 6.45) is 10.3. The first-order valence-corrected chi connectivity index (χ1v) is 6.49. The molecule has 0 radical (unpaired) electrons.